The molecular formula is C23H24N4O. The molecule has 5 heteroatoms. The highest BCUT2D eigenvalue weighted by molar-refractivity contribution is 5.54. The van der Waals surface area contributed by atoms with E-state index in [0.29, 0.717) is 6.61 Å². The molecule has 0 unspecified atom stereocenters. The van der Waals surface area contributed by atoms with E-state index in [9.17, 15) is 0 Å². The Labute approximate surface area is 165 Å². The number of pyridine rings is 1. The summed E-state index contributed by atoms with van der Waals surface area (Å²) in [5.41, 5.74) is 5.95. The fourth-order valence-electron chi connectivity index (χ4n) is 4.46. The number of benzene rings is 1. The zero-order valence-electron chi connectivity index (χ0n) is 16.1. The average molecular weight is 372 g/mol. The third-order valence-corrected chi connectivity index (χ3v) is 6.01. The number of hydrogen-bond donors (Lipinski definition) is 0. The van der Waals surface area contributed by atoms with E-state index >= 15 is 0 Å². The highest BCUT2D eigenvalue weighted by Crippen LogP contribution is 2.40. The molecule has 1 aromatic carbocycles. The first-order chi connectivity index (χ1) is 13.7. The maximum Gasteiger partial charge on any atom is 0.160 e. The molecule has 2 aliphatic rings. The molecule has 5 nitrogen and oxygen atoms in total. The van der Waals surface area contributed by atoms with E-state index in [1.165, 1.54) is 16.8 Å². The summed E-state index contributed by atoms with van der Waals surface area (Å²) in [4.78, 5) is 16.3. The topological polar surface area (TPSA) is 51.1 Å². The second-order valence-corrected chi connectivity index (χ2v) is 7.97. The Morgan fingerprint density at radius 1 is 1.14 bits per heavy atom. The van der Waals surface area contributed by atoms with Gasteiger partial charge in [0.2, 0.25) is 0 Å². The van der Waals surface area contributed by atoms with E-state index in [1.807, 2.05) is 24.5 Å². The fraction of sp³-hybridized carbons (Fsp3) is 0.348. The van der Waals surface area contributed by atoms with Crippen LogP contribution in [0.2, 0.25) is 0 Å². The predicted octanol–water partition coefficient (Wildman–Crippen LogP) is 3.52. The van der Waals surface area contributed by atoms with Crippen LogP contribution in [0.3, 0.4) is 0 Å². The quantitative estimate of drug-likeness (QED) is 0.704. The van der Waals surface area contributed by atoms with Gasteiger partial charge in [0.05, 0.1) is 24.3 Å². The average Bonchev–Trinajstić information content (AvgIpc) is 3.14. The maximum absolute atomic E-state index is 5.98. The van der Waals surface area contributed by atoms with Crippen molar-refractivity contribution >= 4 is 0 Å². The smallest absolute Gasteiger partial charge is 0.160 e. The summed E-state index contributed by atoms with van der Waals surface area (Å²) in [6.45, 7) is 6.52. The minimum absolute atomic E-state index is 0.0455. The molecule has 1 saturated heterocycles. The molecule has 0 radical (unpaired) electrons. The molecule has 142 valence electrons. The minimum Gasteiger partial charge on any atom is -0.376 e. The Hall–Kier alpha value is -2.63. The van der Waals surface area contributed by atoms with Gasteiger partial charge in [0, 0.05) is 42.8 Å². The van der Waals surface area contributed by atoms with E-state index in [0.717, 1.165) is 49.6 Å². The molecule has 0 aliphatic carbocycles. The number of nitrogens with zero attached hydrogens (tertiary/aromatic N) is 4. The molecule has 28 heavy (non-hydrogen) atoms. The monoisotopic (exact) mass is 372 g/mol. The predicted molar refractivity (Wildman–Crippen MR) is 108 cm³/mol. The number of aromatic nitrogens is 3. The number of ether oxygens (including phenoxy) is 1. The Kier molecular flexibility index (Phi) is 4.41. The molecule has 1 spiro atoms. The van der Waals surface area contributed by atoms with Crippen molar-refractivity contribution in [1.82, 2.24) is 19.9 Å². The summed E-state index contributed by atoms with van der Waals surface area (Å²) in [6, 6.07) is 12.6. The third-order valence-electron chi connectivity index (χ3n) is 6.01. The van der Waals surface area contributed by atoms with Crippen LogP contribution in [0.5, 0.6) is 0 Å². The Balaban J connectivity index is 1.45. The first kappa shape index (κ1) is 17.5. The number of hydrogen-bond acceptors (Lipinski definition) is 5. The van der Waals surface area contributed by atoms with Crippen molar-refractivity contribution in [2.45, 2.75) is 31.9 Å². The second kappa shape index (κ2) is 7.08. The van der Waals surface area contributed by atoms with Crippen LogP contribution in [0.4, 0.5) is 0 Å². The highest BCUT2D eigenvalue weighted by Gasteiger charge is 2.44. The first-order valence-corrected chi connectivity index (χ1v) is 9.85. The van der Waals surface area contributed by atoms with E-state index in [2.05, 4.69) is 46.1 Å². The van der Waals surface area contributed by atoms with Crippen molar-refractivity contribution in [2.75, 3.05) is 19.7 Å². The van der Waals surface area contributed by atoms with Gasteiger partial charge in [-0.3, -0.25) is 9.88 Å². The molecule has 3 aromatic rings. The Bertz CT molecular complexity index is 991. The standard InChI is InChI=1S/C23H24N4O/c1-17-5-2-3-6-19(17)13-27-10-8-23(15-27)16-28-14-20-12-25-22(26-21(20)23)18-7-4-9-24-11-18/h2-7,9,11-12H,8,10,13-16H2,1H3/t23-/m0/s1. The lowest BCUT2D eigenvalue weighted by Gasteiger charge is -2.34. The van der Waals surface area contributed by atoms with Crippen molar-refractivity contribution in [1.29, 1.82) is 0 Å². The molecule has 0 saturated carbocycles. The minimum atomic E-state index is -0.0455. The van der Waals surface area contributed by atoms with Crippen molar-refractivity contribution in [2.24, 2.45) is 0 Å². The normalized spacial score (nSPS) is 21.8. The summed E-state index contributed by atoms with van der Waals surface area (Å²) in [6.07, 6.45) is 6.61. The van der Waals surface area contributed by atoms with Gasteiger partial charge in [-0.25, -0.2) is 9.97 Å². The van der Waals surface area contributed by atoms with Crippen LogP contribution in [0.25, 0.3) is 11.4 Å². The van der Waals surface area contributed by atoms with Crippen molar-refractivity contribution in [3.63, 3.8) is 0 Å². The van der Waals surface area contributed by atoms with Crippen LogP contribution < -0.4 is 0 Å². The van der Waals surface area contributed by atoms with E-state index in [1.54, 1.807) is 6.20 Å². The molecule has 0 N–H and O–H groups in total. The molecule has 4 heterocycles. The van der Waals surface area contributed by atoms with Crippen molar-refractivity contribution < 1.29 is 4.74 Å². The summed E-state index contributed by atoms with van der Waals surface area (Å²) >= 11 is 0. The van der Waals surface area contributed by atoms with Gasteiger partial charge >= 0.3 is 0 Å². The van der Waals surface area contributed by atoms with E-state index < -0.39 is 0 Å². The largest absolute Gasteiger partial charge is 0.376 e. The molecule has 5 rings (SSSR count). The zero-order chi connectivity index (χ0) is 19.0. The Morgan fingerprint density at radius 2 is 2.07 bits per heavy atom. The summed E-state index contributed by atoms with van der Waals surface area (Å²) in [7, 11) is 0. The number of rotatable bonds is 3. The molecule has 1 fully saturated rings. The summed E-state index contributed by atoms with van der Waals surface area (Å²) in [5, 5.41) is 0. The van der Waals surface area contributed by atoms with Gasteiger partial charge in [-0.05, 0) is 43.1 Å². The van der Waals surface area contributed by atoms with Crippen molar-refractivity contribution in [3.8, 4) is 11.4 Å². The molecule has 1 atom stereocenters. The lowest BCUT2D eigenvalue weighted by Crippen LogP contribution is -2.40. The van der Waals surface area contributed by atoms with Crippen LogP contribution in [0, 0.1) is 6.92 Å². The number of aryl methyl sites for hydroxylation is 1. The van der Waals surface area contributed by atoms with Gasteiger partial charge in [-0.15, -0.1) is 0 Å². The van der Waals surface area contributed by atoms with Crippen LogP contribution in [0.1, 0.15) is 28.8 Å². The van der Waals surface area contributed by atoms with E-state index in [4.69, 9.17) is 9.72 Å². The fourth-order valence-corrected chi connectivity index (χ4v) is 4.46. The summed E-state index contributed by atoms with van der Waals surface area (Å²) < 4.78 is 5.98. The number of fused-ring (bicyclic) bond motifs is 2. The van der Waals surface area contributed by atoms with E-state index in [-0.39, 0.29) is 5.41 Å². The first-order valence-electron chi connectivity index (χ1n) is 9.85. The van der Waals surface area contributed by atoms with Gasteiger partial charge in [0.25, 0.3) is 0 Å². The van der Waals surface area contributed by atoms with Crippen LogP contribution in [0.15, 0.2) is 55.0 Å². The second-order valence-electron chi connectivity index (χ2n) is 7.97. The van der Waals surface area contributed by atoms with Gasteiger partial charge < -0.3 is 4.74 Å². The molecule has 0 bridgehead atoms. The summed E-state index contributed by atoms with van der Waals surface area (Å²) in [5.74, 6) is 0.755. The van der Waals surface area contributed by atoms with Gasteiger partial charge in [0.1, 0.15) is 0 Å². The van der Waals surface area contributed by atoms with Gasteiger partial charge in [-0.2, -0.15) is 0 Å². The Morgan fingerprint density at radius 3 is 2.93 bits per heavy atom. The molecular weight excluding hydrogens is 348 g/mol. The molecule has 2 aromatic heterocycles. The SMILES string of the molecule is Cc1ccccc1CN1CC[C@@]2(COCc3cnc(-c4cccnc4)nc32)C1. The lowest BCUT2D eigenvalue weighted by atomic mass is 9.80. The van der Waals surface area contributed by atoms with Crippen LogP contribution in [-0.4, -0.2) is 39.5 Å². The highest BCUT2D eigenvalue weighted by atomic mass is 16.5. The van der Waals surface area contributed by atoms with Crippen molar-refractivity contribution in [3.05, 3.63) is 77.4 Å². The molecule has 0 amide bonds. The number of likely N-dealkylation sites (tertiary alicyclic amines) is 1. The van der Waals surface area contributed by atoms with Gasteiger partial charge in [0.15, 0.2) is 5.82 Å². The lowest BCUT2D eigenvalue weighted by molar-refractivity contribution is 0.0503. The maximum atomic E-state index is 5.98. The third kappa shape index (κ3) is 3.11. The molecule has 2 aliphatic heterocycles. The zero-order valence-corrected chi connectivity index (χ0v) is 16.1. The van der Waals surface area contributed by atoms with Crippen LogP contribution >= 0.6 is 0 Å². The van der Waals surface area contributed by atoms with Crippen LogP contribution in [-0.2, 0) is 23.3 Å². The van der Waals surface area contributed by atoms with Gasteiger partial charge in [-0.1, -0.05) is 24.3 Å².